The largest absolute Gasteiger partial charge is 0.397 e. The molecule has 1 amide bonds. The Hall–Kier alpha value is -1.46. The van der Waals surface area contributed by atoms with Gasteiger partial charge in [-0.15, -0.1) is 0 Å². The lowest BCUT2D eigenvalue weighted by Crippen LogP contribution is -2.61. The Morgan fingerprint density at radius 2 is 1.30 bits per heavy atom. The minimum atomic E-state index is -5.10. The number of carbonyl (C=O) groups excluding carboxylic acids is 1. The number of aliphatic hydroxyl groups excluding tert-OH is 5. The monoisotopic (exact) mass is 794 g/mol. The van der Waals surface area contributed by atoms with Crippen molar-refractivity contribution in [3.63, 3.8) is 0 Å². The highest BCUT2D eigenvalue weighted by Gasteiger charge is 2.48. The van der Waals surface area contributed by atoms with Gasteiger partial charge in [-0.05, 0) is 38.5 Å². The first-order valence-corrected chi connectivity index (χ1v) is 22.2. The number of unbranched alkanes of at least 4 members (excludes halogenated alkanes) is 17. The quantitative estimate of drug-likeness (QED) is 0.0229. The minimum Gasteiger partial charge on any atom is -0.394 e. The van der Waals surface area contributed by atoms with Crippen molar-refractivity contribution in [2.75, 3.05) is 13.2 Å². The predicted molar refractivity (Wildman–Crippen MR) is 210 cm³/mol. The number of allylic oxidation sites excluding steroid dienone is 4. The maximum Gasteiger partial charge on any atom is 0.397 e. The van der Waals surface area contributed by atoms with E-state index in [4.69, 9.17) is 14.0 Å². The van der Waals surface area contributed by atoms with Gasteiger partial charge in [0.15, 0.2) is 6.29 Å². The zero-order chi connectivity index (χ0) is 40.0. The summed E-state index contributed by atoms with van der Waals surface area (Å²) in [5.74, 6) is -0.678. The predicted octanol–water partition coefficient (Wildman–Crippen LogP) is 5.96. The molecular formula is C40H75NO12S. The third kappa shape index (κ3) is 24.2. The van der Waals surface area contributed by atoms with Crippen LogP contribution in [0.4, 0.5) is 0 Å². The van der Waals surface area contributed by atoms with E-state index in [1.165, 1.54) is 64.2 Å². The van der Waals surface area contributed by atoms with Crippen LogP contribution in [0.25, 0.3) is 0 Å². The molecule has 1 heterocycles. The molecule has 0 aromatic carbocycles. The van der Waals surface area contributed by atoms with Crippen LogP contribution >= 0.6 is 0 Å². The average Bonchev–Trinajstić information content (AvgIpc) is 3.14. The first-order valence-electron chi connectivity index (χ1n) is 20.8. The van der Waals surface area contributed by atoms with Gasteiger partial charge in [0.05, 0.1) is 25.4 Å². The second-order valence-corrected chi connectivity index (χ2v) is 15.7. The molecular weight excluding hydrogens is 719 g/mol. The van der Waals surface area contributed by atoms with Gasteiger partial charge in [0.1, 0.15) is 30.5 Å². The number of carbonyl (C=O) groups is 1. The molecule has 318 valence electrons. The number of hydrogen-bond acceptors (Lipinski definition) is 11. The average molecular weight is 794 g/mol. The normalized spacial score (nSPS) is 22.6. The highest BCUT2D eigenvalue weighted by molar-refractivity contribution is 7.80. The van der Waals surface area contributed by atoms with Crippen molar-refractivity contribution in [1.82, 2.24) is 5.32 Å². The topological polar surface area (TPSA) is 212 Å². The molecule has 0 aromatic heterocycles. The van der Waals surface area contributed by atoms with Crippen molar-refractivity contribution in [3.05, 3.63) is 24.3 Å². The van der Waals surface area contributed by atoms with Crippen molar-refractivity contribution >= 4 is 16.3 Å². The molecule has 13 nitrogen and oxygen atoms in total. The summed E-state index contributed by atoms with van der Waals surface area (Å²) in [6.07, 6.45) is 21.6. The van der Waals surface area contributed by atoms with Crippen molar-refractivity contribution in [2.24, 2.45) is 0 Å². The lowest BCUT2D eigenvalue weighted by molar-refractivity contribution is -0.298. The Morgan fingerprint density at radius 1 is 0.759 bits per heavy atom. The summed E-state index contributed by atoms with van der Waals surface area (Å²) >= 11 is 0. The number of rotatable bonds is 34. The van der Waals surface area contributed by atoms with Gasteiger partial charge < -0.3 is 40.3 Å². The molecule has 54 heavy (non-hydrogen) atoms. The number of nitrogens with one attached hydrogen (secondary N) is 1. The highest BCUT2D eigenvalue weighted by atomic mass is 32.3. The van der Waals surface area contributed by atoms with Gasteiger partial charge in [-0.2, -0.15) is 8.42 Å². The highest BCUT2D eigenvalue weighted by Crippen LogP contribution is 2.26. The molecule has 0 radical (unpaired) electrons. The Labute approximate surface area is 325 Å². The number of ether oxygens (including phenoxy) is 2. The van der Waals surface area contributed by atoms with E-state index in [1.54, 1.807) is 0 Å². The van der Waals surface area contributed by atoms with E-state index >= 15 is 0 Å². The summed E-state index contributed by atoms with van der Waals surface area (Å²) in [7, 11) is -5.10. The van der Waals surface area contributed by atoms with Gasteiger partial charge in [-0.25, -0.2) is 4.18 Å². The molecule has 1 saturated heterocycles. The van der Waals surface area contributed by atoms with Gasteiger partial charge in [0.25, 0.3) is 0 Å². The molecule has 0 aliphatic carbocycles. The zero-order valence-corrected chi connectivity index (χ0v) is 34.0. The molecule has 0 spiro atoms. The molecule has 14 heteroatoms. The smallest absolute Gasteiger partial charge is 0.394 e. The fraction of sp³-hybridized carbons (Fsp3) is 0.875. The maximum atomic E-state index is 13.0. The van der Waals surface area contributed by atoms with Crippen molar-refractivity contribution < 1.29 is 57.0 Å². The molecule has 1 fully saturated rings. The van der Waals surface area contributed by atoms with Gasteiger partial charge >= 0.3 is 10.4 Å². The second kappa shape index (κ2) is 31.6. The van der Waals surface area contributed by atoms with Crippen LogP contribution in [0.3, 0.4) is 0 Å². The molecule has 1 aliphatic rings. The van der Waals surface area contributed by atoms with Crippen LogP contribution in [0.1, 0.15) is 162 Å². The van der Waals surface area contributed by atoms with Crippen LogP contribution in [0.2, 0.25) is 0 Å². The zero-order valence-electron chi connectivity index (χ0n) is 33.1. The number of amides is 1. The Kier molecular flexibility index (Phi) is 29.6. The van der Waals surface area contributed by atoms with E-state index in [2.05, 4.69) is 47.7 Å². The molecule has 1 rings (SSSR count). The van der Waals surface area contributed by atoms with E-state index in [0.717, 1.165) is 57.8 Å². The standard InChI is InChI=1S/C40H75NO12S/c1-3-5-7-9-10-11-12-13-14-15-16-17-18-19-20-21-22-23-25-27-29-34(44)39(47)41-32(33(43)28-26-24-8-6-4-2)31-51-40-37(46)38(53-54(48,49)50)36(45)35(30-42)52-40/h5,7,10-11,32-38,40,42-46H,3-4,6,8-9,12-31H2,1-2H3,(H,41,47)(H,48,49,50)/b7-5-,11-10-. The second-order valence-electron chi connectivity index (χ2n) is 14.7. The summed E-state index contributed by atoms with van der Waals surface area (Å²) in [6, 6.07) is -1.03. The lowest BCUT2D eigenvalue weighted by Gasteiger charge is -2.41. The van der Waals surface area contributed by atoms with Crippen molar-refractivity contribution in [3.8, 4) is 0 Å². The van der Waals surface area contributed by atoms with E-state index in [1.807, 2.05) is 0 Å². The van der Waals surface area contributed by atoms with Crippen LogP contribution in [-0.4, -0.2) is 107 Å². The molecule has 0 saturated carbocycles. The third-order valence-electron chi connectivity index (χ3n) is 9.88. The molecule has 0 aromatic rings. The number of aliphatic hydroxyl groups is 5. The molecule has 8 atom stereocenters. The summed E-state index contributed by atoms with van der Waals surface area (Å²) in [5, 5.41) is 54.8. The molecule has 0 bridgehead atoms. The van der Waals surface area contributed by atoms with Crippen LogP contribution in [0.15, 0.2) is 24.3 Å². The minimum absolute atomic E-state index is 0.258. The van der Waals surface area contributed by atoms with Crippen molar-refractivity contribution in [2.45, 2.75) is 210 Å². The summed E-state index contributed by atoms with van der Waals surface area (Å²) in [6.45, 7) is 3.04. The lowest BCUT2D eigenvalue weighted by atomic mass is 9.99. The number of hydrogen-bond donors (Lipinski definition) is 7. The van der Waals surface area contributed by atoms with Gasteiger partial charge in [0, 0.05) is 0 Å². The maximum absolute atomic E-state index is 13.0. The fourth-order valence-corrected chi connectivity index (χ4v) is 7.07. The van der Waals surface area contributed by atoms with Crippen LogP contribution in [-0.2, 0) is 28.9 Å². The van der Waals surface area contributed by atoms with Crippen LogP contribution in [0.5, 0.6) is 0 Å². The summed E-state index contributed by atoms with van der Waals surface area (Å²) in [5.41, 5.74) is 0. The Morgan fingerprint density at radius 3 is 1.85 bits per heavy atom. The SMILES string of the molecule is CC/C=C\C/C=C\CCCCCCCCCCCCCCCC(O)C(=O)NC(COC1OC(CO)C(O)C(OS(=O)(=O)O)C1O)C(O)CCCCCCC. The van der Waals surface area contributed by atoms with Gasteiger partial charge in [0.2, 0.25) is 5.91 Å². The first-order chi connectivity index (χ1) is 25.9. The molecule has 7 N–H and O–H groups in total. The molecule has 1 aliphatic heterocycles. The van der Waals surface area contributed by atoms with E-state index in [9.17, 15) is 38.7 Å². The Bertz CT molecular complexity index is 1090. The van der Waals surface area contributed by atoms with E-state index < -0.39 is 78.5 Å². The van der Waals surface area contributed by atoms with Crippen molar-refractivity contribution in [1.29, 1.82) is 0 Å². The van der Waals surface area contributed by atoms with Gasteiger partial charge in [-0.1, -0.05) is 147 Å². The van der Waals surface area contributed by atoms with E-state index in [0.29, 0.717) is 19.3 Å². The van der Waals surface area contributed by atoms with E-state index in [-0.39, 0.29) is 6.42 Å². The fourth-order valence-electron chi connectivity index (χ4n) is 6.56. The third-order valence-corrected chi connectivity index (χ3v) is 10.3. The summed E-state index contributed by atoms with van der Waals surface area (Å²) in [4.78, 5) is 13.0. The van der Waals surface area contributed by atoms with Crippen LogP contribution < -0.4 is 5.32 Å². The van der Waals surface area contributed by atoms with Gasteiger partial charge in [-0.3, -0.25) is 9.35 Å². The Balaban J connectivity index is 2.41. The summed E-state index contributed by atoms with van der Waals surface area (Å²) < 4.78 is 47.2. The van der Waals surface area contributed by atoms with Crippen LogP contribution in [0, 0.1) is 0 Å². The molecule has 8 unspecified atom stereocenters. The first kappa shape index (κ1) is 50.6.